The van der Waals surface area contributed by atoms with E-state index < -0.39 is 0 Å². The Hall–Kier alpha value is -1.68. The molecule has 4 rings (SSSR count). The fourth-order valence-electron chi connectivity index (χ4n) is 3.60. The number of hydrogen-bond donors (Lipinski definition) is 0. The molecule has 0 saturated heterocycles. The predicted octanol–water partition coefficient (Wildman–Crippen LogP) is 6.94. The molecule has 0 aromatic heterocycles. The molecule has 0 aliphatic heterocycles. The second-order valence-electron chi connectivity index (χ2n) is 7.53. The lowest BCUT2D eigenvalue weighted by molar-refractivity contribution is -0.0693. The maximum atomic E-state index is 6.20. The molecule has 1 aliphatic carbocycles. The van der Waals surface area contributed by atoms with Gasteiger partial charge in [0.15, 0.2) is 0 Å². The van der Waals surface area contributed by atoms with Gasteiger partial charge in [0.1, 0.15) is 0 Å². The van der Waals surface area contributed by atoms with Crippen molar-refractivity contribution in [1.29, 1.82) is 0 Å². The summed E-state index contributed by atoms with van der Waals surface area (Å²) in [6, 6.07) is 32.0. The van der Waals surface area contributed by atoms with Crippen molar-refractivity contribution in [2.75, 3.05) is 11.5 Å². The molecule has 1 aliphatic rings. The first-order chi connectivity index (χ1) is 13.8. The van der Waals surface area contributed by atoms with Crippen LogP contribution in [0.4, 0.5) is 0 Å². The quantitative estimate of drug-likeness (QED) is 0.356. The highest BCUT2D eigenvalue weighted by atomic mass is 32.2. The summed E-state index contributed by atoms with van der Waals surface area (Å²) in [6.07, 6.45) is 2.69. The highest BCUT2D eigenvalue weighted by Crippen LogP contribution is 2.49. The van der Waals surface area contributed by atoms with E-state index in [9.17, 15) is 0 Å². The minimum absolute atomic E-state index is 0.350. The number of hydrogen-bond acceptors (Lipinski definition) is 3. The summed E-state index contributed by atoms with van der Waals surface area (Å²) in [5.74, 6) is 2.31. The van der Waals surface area contributed by atoms with Crippen molar-refractivity contribution in [2.24, 2.45) is 5.41 Å². The third kappa shape index (κ3) is 5.44. The average molecular weight is 407 g/mol. The monoisotopic (exact) mass is 406 g/mol. The van der Waals surface area contributed by atoms with Crippen LogP contribution in [0, 0.1) is 5.41 Å². The molecule has 0 spiro atoms. The minimum atomic E-state index is 0.350. The maximum absolute atomic E-state index is 6.20. The minimum Gasteiger partial charge on any atom is -0.373 e. The zero-order chi connectivity index (χ0) is 19.1. The maximum Gasteiger partial charge on any atom is 0.0720 e. The number of benzene rings is 3. The lowest BCUT2D eigenvalue weighted by Gasteiger charge is -2.47. The highest BCUT2D eigenvalue weighted by Gasteiger charge is 2.44. The van der Waals surface area contributed by atoms with E-state index in [0.717, 1.165) is 31.0 Å². The molecular formula is C25H26OS2. The van der Waals surface area contributed by atoms with E-state index in [4.69, 9.17) is 4.74 Å². The Bertz CT molecular complexity index is 785. The summed E-state index contributed by atoms with van der Waals surface area (Å²) in [4.78, 5) is 2.72. The van der Waals surface area contributed by atoms with Crippen molar-refractivity contribution in [1.82, 2.24) is 0 Å². The molecule has 0 amide bonds. The van der Waals surface area contributed by atoms with E-state index in [0.29, 0.717) is 11.5 Å². The summed E-state index contributed by atoms with van der Waals surface area (Å²) < 4.78 is 6.20. The molecule has 0 bridgehead atoms. The Balaban J connectivity index is 1.34. The van der Waals surface area contributed by atoms with E-state index >= 15 is 0 Å². The Labute approximate surface area is 176 Å². The van der Waals surface area contributed by atoms with Crippen molar-refractivity contribution < 1.29 is 4.74 Å². The summed E-state index contributed by atoms with van der Waals surface area (Å²) in [7, 11) is 0. The molecule has 28 heavy (non-hydrogen) atoms. The first kappa shape index (κ1) is 19.6. The summed E-state index contributed by atoms with van der Waals surface area (Å²) in [5.41, 5.74) is 1.61. The SMILES string of the molecule is c1ccc(COC2CC(CSc3ccccc3)(CSc3ccccc3)C2)cc1. The molecular weight excluding hydrogens is 380 g/mol. The number of rotatable bonds is 9. The van der Waals surface area contributed by atoms with Crippen molar-refractivity contribution in [3.05, 3.63) is 96.6 Å². The molecule has 1 nitrogen and oxygen atoms in total. The van der Waals surface area contributed by atoms with E-state index in [1.807, 2.05) is 23.5 Å². The zero-order valence-electron chi connectivity index (χ0n) is 16.0. The van der Waals surface area contributed by atoms with Gasteiger partial charge in [-0.15, -0.1) is 23.5 Å². The third-order valence-electron chi connectivity index (χ3n) is 5.23. The fraction of sp³-hybridized carbons (Fsp3) is 0.280. The molecule has 3 aromatic carbocycles. The lowest BCUT2D eigenvalue weighted by atomic mass is 9.69. The van der Waals surface area contributed by atoms with Crippen molar-refractivity contribution >= 4 is 23.5 Å². The van der Waals surface area contributed by atoms with Gasteiger partial charge >= 0.3 is 0 Å². The smallest absolute Gasteiger partial charge is 0.0720 e. The molecule has 0 heterocycles. The Morgan fingerprint density at radius 3 is 1.64 bits per heavy atom. The second-order valence-corrected chi connectivity index (χ2v) is 9.63. The molecule has 0 unspecified atom stereocenters. The van der Waals surface area contributed by atoms with Gasteiger partial charge in [-0.1, -0.05) is 66.7 Å². The van der Waals surface area contributed by atoms with Gasteiger partial charge < -0.3 is 4.74 Å². The molecule has 0 N–H and O–H groups in total. The van der Waals surface area contributed by atoms with Crippen molar-refractivity contribution in [3.63, 3.8) is 0 Å². The van der Waals surface area contributed by atoms with Crippen LogP contribution in [0.3, 0.4) is 0 Å². The van der Waals surface area contributed by atoms with Crippen LogP contribution < -0.4 is 0 Å². The van der Waals surface area contributed by atoms with Gasteiger partial charge in [0.05, 0.1) is 12.7 Å². The molecule has 0 radical (unpaired) electrons. The molecule has 3 heteroatoms. The van der Waals surface area contributed by atoms with Crippen LogP contribution in [-0.4, -0.2) is 17.6 Å². The van der Waals surface area contributed by atoms with Gasteiger partial charge in [0.2, 0.25) is 0 Å². The normalized spacial score (nSPS) is 15.9. The third-order valence-corrected chi connectivity index (χ3v) is 7.95. The first-order valence-corrected chi connectivity index (χ1v) is 11.8. The Morgan fingerprint density at radius 2 is 1.14 bits per heavy atom. The van der Waals surface area contributed by atoms with Crippen LogP contribution in [0.5, 0.6) is 0 Å². The van der Waals surface area contributed by atoms with Crippen molar-refractivity contribution in [3.8, 4) is 0 Å². The Kier molecular flexibility index (Phi) is 6.79. The second kappa shape index (κ2) is 9.69. The van der Waals surface area contributed by atoms with Crippen LogP contribution in [-0.2, 0) is 11.3 Å². The zero-order valence-corrected chi connectivity index (χ0v) is 17.6. The van der Waals surface area contributed by atoms with Gasteiger partial charge in [-0.05, 0) is 48.1 Å². The van der Waals surface area contributed by atoms with Gasteiger partial charge in [-0.2, -0.15) is 0 Å². The highest BCUT2D eigenvalue weighted by molar-refractivity contribution is 8.00. The molecule has 1 fully saturated rings. The summed E-state index contributed by atoms with van der Waals surface area (Å²) in [6.45, 7) is 0.721. The van der Waals surface area contributed by atoms with E-state index in [1.165, 1.54) is 15.4 Å². The standard InChI is InChI=1S/C25H26OS2/c1-4-10-21(11-5-1)18-26-22-16-25(17-22,19-27-23-12-6-2-7-13-23)20-28-24-14-8-3-9-15-24/h1-15,22H,16-20H2. The number of ether oxygens (including phenoxy) is 1. The van der Waals surface area contributed by atoms with Gasteiger partial charge in [-0.25, -0.2) is 0 Å². The van der Waals surface area contributed by atoms with Crippen LogP contribution >= 0.6 is 23.5 Å². The van der Waals surface area contributed by atoms with Crippen LogP contribution in [0.2, 0.25) is 0 Å². The Morgan fingerprint density at radius 1 is 0.679 bits per heavy atom. The first-order valence-electron chi connectivity index (χ1n) is 9.83. The molecule has 144 valence electrons. The van der Waals surface area contributed by atoms with Gasteiger partial charge in [0.25, 0.3) is 0 Å². The van der Waals surface area contributed by atoms with E-state index in [2.05, 4.69) is 91.0 Å². The topological polar surface area (TPSA) is 9.23 Å². The fourth-order valence-corrected chi connectivity index (χ4v) is 6.05. The van der Waals surface area contributed by atoms with Gasteiger partial charge in [-0.3, -0.25) is 0 Å². The molecule has 0 atom stereocenters. The number of thioether (sulfide) groups is 2. The summed E-state index contributed by atoms with van der Waals surface area (Å²) >= 11 is 3.97. The van der Waals surface area contributed by atoms with Crippen LogP contribution in [0.25, 0.3) is 0 Å². The van der Waals surface area contributed by atoms with Crippen LogP contribution in [0.15, 0.2) is 101 Å². The lowest BCUT2D eigenvalue weighted by Crippen LogP contribution is -2.46. The van der Waals surface area contributed by atoms with E-state index in [1.54, 1.807) is 0 Å². The van der Waals surface area contributed by atoms with E-state index in [-0.39, 0.29) is 0 Å². The molecule has 1 saturated carbocycles. The van der Waals surface area contributed by atoms with Crippen molar-refractivity contribution in [2.45, 2.75) is 35.3 Å². The predicted molar refractivity (Wildman–Crippen MR) is 121 cm³/mol. The average Bonchev–Trinajstić information content (AvgIpc) is 2.74. The summed E-state index contributed by atoms with van der Waals surface area (Å²) in [5, 5.41) is 0. The molecule has 3 aromatic rings. The van der Waals surface area contributed by atoms with Gasteiger partial charge in [0, 0.05) is 21.3 Å². The van der Waals surface area contributed by atoms with Crippen LogP contribution in [0.1, 0.15) is 18.4 Å². The largest absolute Gasteiger partial charge is 0.373 e.